The summed E-state index contributed by atoms with van der Waals surface area (Å²) in [6.07, 6.45) is 0.465. The number of hydrogen-bond donors (Lipinski definition) is 0. The fourth-order valence-corrected chi connectivity index (χ4v) is 12.4. The largest absolute Gasteiger partial charge is 0.489 e. The molecule has 0 amide bonds. The van der Waals surface area contributed by atoms with E-state index in [0.29, 0.717) is 25.8 Å². The summed E-state index contributed by atoms with van der Waals surface area (Å²) in [5.74, 6) is 0.849. The number of rotatable bonds is 13. The van der Waals surface area contributed by atoms with E-state index in [1.54, 1.807) is 0 Å². The van der Waals surface area contributed by atoms with Crippen molar-refractivity contribution in [3.8, 4) is 11.8 Å². The number of nitrogens with zero attached hydrogens (tertiary/aromatic N) is 4. The van der Waals surface area contributed by atoms with Crippen LogP contribution in [0.2, 0.25) is 5.04 Å². The Morgan fingerprint density at radius 1 is 0.778 bits per heavy atom. The molecule has 0 radical (unpaired) electrons. The number of anilines is 1. The van der Waals surface area contributed by atoms with Crippen LogP contribution in [0.1, 0.15) is 56.3 Å². The highest BCUT2D eigenvalue weighted by atomic mass is 28.4. The summed E-state index contributed by atoms with van der Waals surface area (Å²) >= 11 is 0. The molecule has 278 valence electrons. The van der Waals surface area contributed by atoms with Gasteiger partial charge in [-0.15, -0.1) is 0 Å². The number of fused-ring (bicyclic) bond motifs is 2. The maximum Gasteiger partial charge on any atom is 0.317 e. The highest BCUT2D eigenvalue weighted by Crippen LogP contribution is 2.41. The quantitative estimate of drug-likeness (QED) is 0.111. The molecule has 5 aromatic carbocycles. The van der Waals surface area contributed by atoms with Crippen molar-refractivity contribution in [3.63, 3.8) is 0 Å². The molecule has 1 unspecified atom stereocenters. The molecular formula is C46H52N4O3Si. The third-order valence-corrected chi connectivity index (χ3v) is 15.5. The summed E-state index contributed by atoms with van der Waals surface area (Å²) in [5.41, 5.74) is 5.31. The van der Waals surface area contributed by atoms with Gasteiger partial charge in [0.05, 0.1) is 24.0 Å². The van der Waals surface area contributed by atoms with Gasteiger partial charge in [-0.3, -0.25) is 0 Å². The Bertz CT molecular complexity index is 2120. The second-order valence-electron chi connectivity index (χ2n) is 15.5. The molecule has 0 N–H and O–H groups in total. The summed E-state index contributed by atoms with van der Waals surface area (Å²) in [6, 6.07) is 45.2. The molecule has 54 heavy (non-hydrogen) atoms. The van der Waals surface area contributed by atoms with E-state index in [0.717, 1.165) is 58.8 Å². The van der Waals surface area contributed by atoms with Crippen LogP contribution < -0.4 is 24.7 Å². The van der Waals surface area contributed by atoms with Crippen LogP contribution in [0.25, 0.3) is 10.8 Å². The van der Waals surface area contributed by atoms with Crippen molar-refractivity contribution in [2.45, 2.75) is 58.4 Å². The third-order valence-electron chi connectivity index (χ3n) is 10.4. The van der Waals surface area contributed by atoms with Crippen LogP contribution in [-0.2, 0) is 24.0 Å². The maximum atomic E-state index is 7.63. The Labute approximate surface area is 321 Å². The minimum Gasteiger partial charge on any atom is -0.489 e. The number of hydrogen-bond acceptors (Lipinski definition) is 7. The lowest BCUT2D eigenvalue weighted by molar-refractivity contribution is 0.198. The second kappa shape index (κ2) is 16.1. The van der Waals surface area contributed by atoms with Gasteiger partial charge >= 0.3 is 6.01 Å². The third kappa shape index (κ3) is 7.92. The Hall–Kier alpha value is -5.02. The fraction of sp³-hybridized carbons (Fsp3) is 0.304. The van der Waals surface area contributed by atoms with Crippen molar-refractivity contribution in [3.05, 3.63) is 150 Å². The van der Waals surface area contributed by atoms with Gasteiger partial charge in [0.25, 0.3) is 8.32 Å². The van der Waals surface area contributed by atoms with Gasteiger partial charge in [0.1, 0.15) is 19.0 Å². The first-order valence-electron chi connectivity index (χ1n) is 19.0. The van der Waals surface area contributed by atoms with Gasteiger partial charge in [-0.25, -0.2) is 0 Å². The normalized spacial score (nSPS) is 13.9. The van der Waals surface area contributed by atoms with E-state index in [1.165, 1.54) is 15.8 Å². The monoisotopic (exact) mass is 736 g/mol. The highest BCUT2D eigenvalue weighted by Gasteiger charge is 2.51. The van der Waals surface area contributed by atoms with Gasteiger partial charge in [-0.1, -0.05) is 136 Å². The summed E-state index contributed by atoms with van der Waals surface area (Å²) < 4.78 is 20.3. The molecular weight excluding hydrogens is 685 g/mol. The Morgan fingerprint density at radius 2 is 1.41 bits per heavy atom. The topological polar surface area (TPSA) is 60.0 Å². The molecule has 0 bridgehead atoms. The Balaban J connectivity index is 1.27. The zero-order valence-corrected chi connectivity index (χ0v) is 33.5. The summed E-state index contributed by atoms with van der Waals surface area (Å²) in [5, 5.41) is 4.65. The minimum atomic E-state index is -2.87. The zero-order chi connectivity index (χ0) is 37.7. The minimum absolute atomic E-state index is 0.173. The van der Waals surface area contributed by atoms with E-state index in [1.807, 2.05) is 32.3 Å². The van der Waals surface area contributed by atoms with E-state index in [2.05, 4.69) is 147 Å². The first-order valence-corrected chi connectivity index (χ1v) is 20.9. The van der Waals surface area contributed by atoms with Gasteiger partial charge in [0.15, 0.2) is 0 Å². The van der Waals surface area contributed by atoms with Crippen molar-refractivity contribution >= 4 is 35.2 Å². The van der Waals surface area contributed by atoms with Crippen molar-refractivity contribution in [1.29, 1.82) is 0 Å². The van der Waals surface area contributed by atoms with Gasteiger partial charge in [0, 0.05) is 35.8 Å². The van der Waals surface area contributed by atoms with E-state index < -0.39 is 8.32 Å². The lowest BCUT2D eigenvalue weighted by Gasteiger charge is -2.45. The second-order valence-corrected chi connectivity index (χ2v) is 19.8. The van der Waals surface area contributed by atoms with Gasteiger partial charge < -0.3 is 23.7 Å². The molecule has 2 heterocycles. The first kappa shape index (κ1) is 37.3. The molecule has 7 nitrogen and oxygen atoms in total. The van der Waals surface area contributed by atoms with Crippen LogP contribution >= 0.6 is 0 Å². The maximum absolute atomic E-state index is 7.63. The lowest BCUT2D eigenvalue weighted by Crippen LogP contribution is -2.66. The van der Waals surface area contributed by atoms with Crippen LogP contribution in [0.5, 0.6) is 11.8 Å². The van der Waals surface area contributed by atoms with Crippen molar-refractivity contribution in [2.75, 3.05) is 38.7 Å². The Kier molecular flexibility index (Phi) is 11.2. The molecule has 0 saturated heterocycles. The molecule has 1 aliphatic heterocycles. The predicted octanol–water partition coefficient (Wildman–Crippen LogP) is 8.35. The molecule has 0 fully saturated rings. The van der Waals surface area contributed by atoms with Gasteiger partial charge in [-0.2, -0.15) is 9.97 Å². The van der Waals surface area contributed by atoms with E-state index in [-0.39, 0.29) is 11.1 Å². The smallest absolute Gasteiger partial charge is 0.317 e. The molecule has 0 spiro atoms. The SMILES string of the molecule is CC(O[Si](c1ccccc1)(c1ccccc1)C(C)(C)C)c1nc(OCCN(C)C)nc2c1CCN(c1cc(OCc3ccccc3)cc3ccccc13)C2. The van der Waals surface area contributed by atoms with Crippen LogP contribution in [0.3, 0.4) is 0 Å². The highest BCUT2D eigenvalue weighted by molar-refractivity contribution is 6.99. The lowest BCUT2D eigenvalue weighted by atomic mass is 9.99. The van der Waals surface area contributed by atoms with Crippen molar-refractivity contribution in [2.24, 2.45) is 0 Å². The number of benzene rings is 5. The number of ether oxygens (including phenoxy) is 2. The summed E-state index contributed by atoms with van der Waals surface area (Å²) in [4.78, 5) is 14.8. The molecule has 0 aliphatic carbocycles. The fourth-order valence-electron chi connectivity index (χ4n) is 7.72. The molecule has 1 aromatic heterocycles. The van der Waals surface area contributed by atoms with E-state index >= 15 is 0 Å². The van der Waals surface area contributed by atoms with Crippen LogP contribution in [0, 0.1) is 0 Å². The molecule has 8 heteroatoms. The molecule has 7 rings (SSSR count). The van der Waals surface area contributed by atoms with Gasteiger partial charge in [0.2, 0.25) is 0 Å². The summed E-state index contributed by atoms with van der Waals surface area (Å²) in [6.45, 7) is 12.3. The van der Waals surface area contributed by atoms with E-state index in [9.17, 15) is 0 Å². The van der Waals surface area contributed by atoms with Crippen molar-refractivity contribution < 1.29 is 13.9 Å². The first-order chi connectivity index (χ1) is 26.1. The van der Waals surface area contributed by atoms with Crippen molar-refractivity contribution in [1.82, 2.24) is 14.9 Å². The number of aromatic nitrogens is 2. The predicted molar refractivity (Wildman–Crippen MR) is 223 cm³/mol. The van der Waals surface area contributed by atoms with Gasteiger partial charge in [-0.05, 0) is 59.9 Å². The van der Waals surface area contributed by atoms with Crippen LogP contribution in [0.15, 0.2) is 127 Å². The Morgan fingerprint density at radius 3 is 2.06 bits per heavy atom. The average molecular weight is 737 g/mol. The average Bonchev–Trinajstić information content (AvgIpc) is 3.18. The molecule has 0 saturated carbocycles. The van der Waals surface area contributed by atoms with Crippen LogP contribution in [-0.4, -0.2) is 57.0 Å². The van der Waals surface area contributed by atoms with Crippen LogP contribution in [0.4, 0.5) is 5.69 Å². The molecule has 6 aromatic rings. The standard InChI is InChI=1S/C46H52N4O3Si/c1-34(53-54(46(2,3)4,38-21-12-8-13-22-38)39-23-14-9-15-24-39)44-41-26-27-50(32-42(41)47-45(48-44)51-29-28-49(5)6)43-31-37(30-36-20-16-17-25-40(36)43)52-33-35-18-10-7-11-19-35/h7-25,30-31,34H,26-29,32-33H2,1-6H3. The number of likely N-dealkylation sites (N-methyl/N-ethyl adjacent to an activating group) is 1. The summed E-state index contributed by atoms with van der Waals surface area (Å²) in [7, 11) is 1.22. The molecule has 1 atom stereocenters. The molecule has 1 aliphatic rings. The van der Waals surface area contributed by atoms with E-state index in [4.69, 9.17) is 23.9 Å². The zero-order valence-electron chi connectivity index (χ0n) is 32.5.